The lowest BCUT2D eigenvalue weighted by Gasteiger charge is -2.31. The molecule has 1 N–H and O–H groups in total. The van der Waals surface area contributed by atoms with Gasteiger partial charge in [-0.05, 0) is 52.0 Å². The second-order valence-corrected chi connectivity index (χ2v) is 11.3. The molecule has 3 aromatic rings. The number of aromatic nitrogens is 2. The number of rotatable bonds is 10. The Hall–Kier alpha value is -3.99. The van der Waals surface area contributed by atoms with Gasteiger partial charge in [-0.2, -0.15) is 0 Å². The Morgan fingerprint density at radius 1 is 1.19 bits per heavy atom. The van der Waals surface area contributed by atoms with E-state index in [1.54, 1.807) is 49.4 Å². The quantitative estimate of drug-likeness (QED) is 0.220. The molecule has 1 aromatic carbocycles. The maximum Gasteiger partial charge on any atom is 0.265 e. The van der Waals surface area contributed by atoms with Gasteiger partial charge in [0.1, 0.15) is 10.8 Å². The summed E-state index contributed by atoms with van der Waals surface area (Å²) in [5.74, 6) is 0.406. The van der Waals surface area contributed by atoms with Gasteiger partial charge in [0.25, 0.3) is 11.8 Å². The van der Waals surface area contributed by atoms with Crippen LogP contribution in [0.25, 0.3) is 16.8 Å². The third kappa shape index (κ3) is 7.51. The number of thiazole rings is 1. The molecule has 0 unspecified atom stereocenters. The summed E-state index contributed by atoms with van der Waals surface area (Å²) in [5.41, 5.74) is 3.65. The van der Waals surface area contributed by atoms with Gasteiger partial charge in [0.05, 0.1) is 41.4 Å². The van der Waals surface area contributed by atoms with E-state index in [1.165, 1.54) is 16.2 Å². The highest BCUT2D eigenvalue weighted by molar-refractivity contribution is 7.11. The first-order valence-corrected chi connectivity index (χ1v) is 15.2. The van der Waals surface area contributed by atoms with Crippen LogP contribution in [-0.4, -0.2) is 66.6 Å². The first-order chi connectivity index (χ1) is 20.6. The Morgan fingerprint density at radius 3 is 2.56 bits per heavy atom. The Labute approximate surface area is 261 Å². The predicted molar refractivity (Wildman–Crippen MR) is 173 cm³/mol. The molecular formula is C32H36ClN5O4S. The number of hydrogen-bond donors (Lipinski definition) is 1. The zero-order valence-corrected chi connectivity index (χ0v) is 26.6. The fourth-order valence-corrected chi connectivity index (χ4v) is 5.52. The van der Waals surface area contributed by atoms with E-state index in [-0.39, 0.29) is 11.5 Å². The lowest BCUT2D eigenvalue weighted by molar-refractivity contribution is -0.127. The molecule has 9 nitrogen and oxygen atoms in total. The maximum atomic E-state index is 14.5. The molecule has 4 rings (SSSR count). The van der Waals surface area contributed by atoms with Crippen molar-refractivity contribution in [1.29, 1.82) is 0 Å². The van der Waals surface area contributed by atoms with Gasteiger partial charge in [-0.15, -0.1) is 11.3 Å². The summed E-state index contributed by atoms with van der Waals surface area (Å²) in [5, 5.41) is 5.86. The van der Waals surface area contributed by atoms with Crippen LogP contribution in [0.2, 0.25) is 5.02 Å². The number of halogens is 1. The minimum atomic E-state index is -0.468. The smallest absolute Gasteiger partial charge is 0.265 e. The second-order valence-electron chi connectivity index (χ2n) is 10.1. The molecule has 2 amide bonds. The van der Waals surface area contributed by atoms with E-state index in [0.29, 0.717) is 77.1 Å². The first kappa shape index (κ1) is 31.9. The second kappa shape index (κ2) is 14.5. The Kier molecular flexibility index (Phi) is 10.7. The van der Waals surface area contributed by atoms with Gasteiger partial charge in [-0.3, -0.25) is 14.5 Å². The molecule has 0 aliphatic carbocycles. The fraction of sp³-hybridized carbons (Fsp3) is 0.312. The van der Waals surface area contributed by atoms with Crippen LogP contribution >= 0.6 is 22.9 Å². The van der Waals surface area contributed by atoms with Crippen LogP contribution in [0.1, 0.15) is 32.7 Å². The first-order valence-electron chi connectivity index (χ1n) is 13.9. The molecule has 0 radical (unpaired) electrons. The topological polar surface area (TPSA) is 96.9 Å². The highest BCUT2D eigenvalue weighted by atomic mass is 35.5. The number of nitrogens with one attached hydrogen (secondary N) is 1. The number of pyridine rings is 1. The van der Waals surface area contributed by atoms with Crippen molar-refractivity contribution in [1.82, 2.24) is 20.2 Å². The molecule has 2 aromatic heterocycles. The van der Waals surface area contributed by atoms with Gasteiger partial charge in [-0.25, -0.2) is 9.97 Å². The van der Waals surface area contributed by atoms with E-state index < -0.39 is 5.91 Å². The minimum Gasteiger partial charge on any atom is -0.494 e. The summed E-state index contributed by atoms with van der Waals surface area (Å²) >= 11 is 8.05. The van der Waals surface area contributed by atoms with Crippen molar-refractivity contribution in [2.75, 3.05) is 44.8 Å². The molecule has 0 atom stereocenters. The van der Waals surface area contributed by atoms with Crippen LogP contribution in [0, 0.1) is 0 Å². The molecule has 1 aliphatic heterocycles. The van der Waals surface area contributed by atoms with Crippen molar-refractivity contribution in [3.05, 3.63) is 81.4 Å². The van der Waals surface area contributed by atoms with E-state index in [0.717, 1.165) is 11.1 Å². The number of nitrogens with zero attached hydrogens (tertiary/aromatic N) is 4. The summed E-state index contributed by atoms with van der Waals surface area (Å²) < 4.78 is 10.9. The average molecular weight is 622 g/mol. The number of piperazine rings is 1. The molecule has 0 spiro atoms. The lowest BCUT2D eigenvalue weighted by Crippen LogP contribution is -2.47. The van der Waals surface area contributed by atoms with Gasteiger partial charge in [0.2, 0.25) is 5.88 Å². The number of methoxy groups -OCH3 is 1. The third-order valence-corrected chi connectivity index (χ3v) is 7.93. The molecule has 226 valence electrons. The predicted octanol–water partition coefficient (Wildman–Crippen LogP) is 5.98. The van der Waals surface area contributed by atoms with E-state index in [9.17, 15) is 9.59 Å². The summed E-state index contributed by atoms with van der Waals surface area (Å²) in [6, 6.07) is 8.72. The summed E-state index contributed by atoms with van der Waals surface area (Å²) in [4.78, 5) is 40.4. The van der Waals surface area contributed by atoms with Gasteiger partial charge in [0.15, 0.2) is 0 Å². The normalized spacial score (nSPS) is 13.6. The summed E-state index contributed by atoms with van der Waals surface area (Å²) in [6.07, 6.45) is 3.48. The molecule has 1 saturated heterocycles. The Bertz CT molecular complexity index is 1550. The number of allylic oxidation sites excluding steroid dienone is 2. The maximum absolute atomic E-state index is 14.5. The summed E-state index contributed by atoms with van der Waals surface area (Å²) in [6.45, 7) is 14.6. The monoisotopic (exact) mass is 621 g/mol. The third-order valence-electron chi connectivity index (χ3n) is 6.71. The van der Waals surface area contributed by atoms with E-state index in [4.69, 9.17) is 26.1 Å². The zero-order chi connectivity index (χ0) is 31.1. The van der Waals surface area contributed by atoms with Gasteiger partial charge in [0, 0.05) is 61.0 Å². The number of hydrogen-bond acceptors (Lipinski definition) is 8. The van der Waals surface area contributed by atoms with Crippen LogP contribution in [-0.2, 0) is 9.59 Å². The summed E-state index contributed by atoms with van der Waals surface area (Å²) in [7, 11) is 1.55. The van der Waals surface area contributed by atoms with E-state index in [1.807, 2.05) is 38.3 Å². The van der Waals surface area contributed by atoms with Crippen molar-refractivity contribution in [2.45, 2.75) is 27.7 Å². The molecule has 0 bridgehead atoms. The number of ether oxygens (including phenoxy) is 2. The molecular weight excluding hydrogens is 586 g/mol. The lowest BCUT2D eigenvalue weighted by atomic mass is 10.1. The van der Waals surface area contributed by atoms with Crippen LogP contribution < -0.4 is 19.7 Å². The fourth-order valence-electron chi connectivity index (χ4n) is 4.52. The van der Waals surface area contributed by atoms with Crippen molar-refractivity contribution < 1.29 is 19.1 Å². The standard InChI is InChI=1S/C32H36ClN5O4S/c1-7-42-24-9-10-25(33)28(17-24)38(27(16-20(2)3)21(4)31(39)37-14-12-34-13-15-37)32(40)22(5)30-36-26(19-43-30)23-8-11-29(41-6)35-18-23/h8-11,16-19,34H,5,7,12-15H2,1-4,6H3/b27-21+. The molecule has 11 heteroatoms. The Balaban J connectivity index is 1.82. The van der Waals surface area contributed by atoms with Crippen molar-refractivity contribution in [3.63, 3.8) is 0 Å². The molecule has 1 fully saturated rings. The van der Waals surface area contributed by atoms with Crippen LogP contribution in [0.5, 0.6) is 11.6 Å². The van der Waals surface area contributed by atoms with Gasteiger partial charge in [-0.1, -0.05) is 23.8 Å². The van der Waals surface area contributed by atoms with Gasteiger partial charge >= 0.3 is 0 Å². The highest BCUT2D eigenvalue weighted by Gasteiger charge is 2.30. The van der Waals surface area contributed by atoms with E-state index in [2.05, 4.69) is 16.9 Å². The molecule has 0 saturated carbocycles. The number of carbonyl (C=O) groups is 2. The molecule has 1 aliphatic rings. The van der Waals surface area contributed by atoms with Crippen LogP contribution in [0.4, 0.5) is 5.69 Å². The minimum absolute atomic E-state index is 0.151. The number of benzene rings is 1. The number of amides is 2. The zero-order valence-electron chi connectivity index (χ0n) is 25.1. The average Bonchev–Trinajstić information content (AvgIpc) is 3.52. The molecule has 43 heavy (non-hydrogen) atoms. The highest BCUT2D eigenvalue weighted by Crippen LogP contribution is 2.37. The van der Waals surface area contributed by atoms with Gasteiger partial charge < -0.3 is 19.7 Å². The van der Waals surface area contributed by atoms with Crippen molar-refractivity contribution in [2.24, 2.45) is 0 Å². The Morgan fingerprint density at radius 2 is 1.93 bits per heavy atom. The SMILES string of the molecule is C=C(C(=O)N(/C(C=C(C)C)=C(\C)C(=O)N1CCNCC1)c1cc(OCC)ccc1Cl)c1nc(-c2ccc(OC)nc2)cs1. The number of carbonyl (C=O) groups excluding carboxylic acids is 2. The molecule has 3 heterocycles. The van der Waals surface area contributed by atoms with Crippen LogP contribution in [0.3, 0.4) is 0 Å². The van der Waals surface area contributed by atoms with Crippen molar-refractivity contribution in [3.8, 4) is 22.9 Å². The van der Waals surface area contributed by atoms with E-state index >= 15 is 0 Å². The number of anilines is 1. The largest absolute Gasteiger partial charge is 0.494 e. The van der Waals surface area contributed by atoms with Crippen LogP contribution in [0.15, 0.2) is 71.4 Å². The van der Waals surface area contributed by atoms with Crippen molar-refractivity contribution >= 4 is 46.0 Å².